The van der Waals surface area contributed by atoms with Crippen LogP contribution in [0.3, 0.4) is 0 Å². The summed E-state index contributed by atoms with van der Waals surface area (Å²) < 4.78 is 5.25. The van der Waals surface area contributed by atoms with Crippen LogP contribution in [0.1, 0.15) is 11.1 Å². The first-order valence-corrected chi connectivity index (χ1v) is 4.45. The van der Waals surface area contributed by atoms with Gasteiger partial charge in [-0.1, -0.05) is 6.08 Å². The van der Waals surface area contributed by atoms with Gasteiger partial charge in [-0.3, -0.25) is 0 Å². The SMILES string of the molecule is C=CCc1cc(OC)c2c(c1)OOC2. The highest BCUT2D eigenvalue weighted by molar-refractivity contribution is 5.48. The summed E-state index contributed by atoms with van der Waals surface area (Å²) in [5.74, 6) is 1.57. The number of fused-ring (bicyclic) bond motifs is 1. The summed E-state index contributed by atoms with van der Waals surface area (Å²) in [6.45, 7) is 4.14. The second-order valence-corrected chi connectivity index (χ2v) is 3.11. The molecular weight excluding hydrogens is 180 g/mol. The fourth-order valence-corrected chi connectivity index (χ4v) is 1.51. The van der Waals surface area contributed by atoms with Crippen molar-refractivity contribution in [2.24, 2.45) is 0 Å². The molecule has 0 radical (unpaired) electrons. The molecule has 1 heterocycles. The van der Waals surface area contributed by atoms with Gasteiger partial charge in [-0.25, -0.2) is 0 Å². The van der Waals surface area contributed by atoms with E-state index in [1.807, 2.05) is 18.2 Å². The van der Waals surface area contributed by atoms with Crippen LogP contribution in [-0.2, 0) is 17.9 Å². The number of methoxy groups -OCH3 is 1. The summed E-state index contributed by atoms with van der Waals surface area (Å²) in [5, 5.41) is 0. The van der Waals surface area contributed by atoms with Crippen LogP contribution in [0.5, 0.6) is 11.5 Å². The average Bonchev–Trinajstić information content (AvgIpc) is 2.65. The number of benzene rings is 1. The van der Waals surface area contributed by atoms with Gasteiger partial charge >= 0.3 is 0 Å². The van der Waals surface area contributed by atoms with E-state index in [-0.39, 0.29) is 0 Å². The molecule has 14 heavy (non-hydrogen) atoms. The Morgan fingerprint density at radius 1 is 1.57 bits per heavy atom. The lowest BCUT2D eigenvalue weighted by atomic mass is 10.1. The quantitative estimate of drug-likeness (QED) is 0.543. The second-order valence-electron chi connectivity index (χ2n) is 3.11. The number of ether oxygens (including phenoxy) is 1. The van der Waals surface area contributed by atoms with E-state index in [2.05, 4.69) is 6.58 Å². The van der Waals surface area contributed by atoms with Crippen molar-refractivity contribution in [1.29, 1.82) is 0 Å². The summed E-state index contributed by atoms with van der Waals surface area (Å²) >= 11 is 0. The molecule has 0 saturated carbocycles. The van der Waals surface area contributed by atoms with Crippen molar-refractivity contribution in [2.75, 3.05) is 7.11 Å². The van der Waals surface area contributed by atoms with E-state index < -0.39 is 0 Å². The zero-order valence-electron chi connectivity index (χ0n) is 8.08. The normalized spacial score (nSPS) is 13.2. The van der Waals surface area contributed by atoms with Gasteiger partial charge in [0.1, 0.15) is 12.4 Å². The number of hydrogen-bond donors (Lipinski definition) is 0. The fourth-order valence-electron chi connectivity index (χ4n) is 1.51. The van der Waals surface area contributed by atoms with E-state index in [1.54, 1.807) is 7.11 Å². The highest BCUT2D eigenvalue weighted by atomic mass is 17.2. The van der Waals surface area contributed by atoms with Gasteiger partial charge in [-0.15, -0.1) is 6.58 Å². The van der Waals surface area contributed by atoms with Gasteiger partial charge < -0.3 is 9.62 Å². The molecule has 2 rings (SSSR count). The Bertz CT molecular complexity index is 358. The molecule has 1 aliphatic heterocycles. The Hall–Kier alpha value is -1.48. The predicted octanol–water partition coefficient (Wildman–Crippen LogP) is 2.25. The molecule has 74 valence electrons. The number of allylic oxidation sites excluding steroid dienone is 1. The molecule has 1 aromatic carbocycles. The molecule has 0 unspecified atom stereocenters. The molecule has 0 saturated heterocycles. The van der Waals surface area contributed by atoms with Crippen LogP contribution in [0, 0.1) is 0 Å². The molecule has 0 fully saturated rings. The van der Waals surface area contributed by atoms with Gasteiger partial charge in [0.15, 0.2) is 5.75 Å². The Morgan fingerprint density at radius 2 is 2.43 bits per heavy atom. The van der Waals surface area contributed by atoms with Gasteiger partial charge in [0.2, 0.25) is 0 Å². The zero-order valence-corrected chi connectivity index (χ0v) is 8.08. The largest absolute Gasteiger partial charge is 0.496 e. The average molecular weight is 192 g/mol. The number of rotatable bonds is 3. The fraction of sp³-hybridized carbons (Fsp3) is 0.273. The van der Waals surface area contributed by atoms with Gasteiger partial charge in [0.25, 0.3) is 0 Å². The highest BCUT2D eigenvalue weighted by Crippen LogP contribution is 2.35. The van der Waals surface area contributed by atoms with E-state index >= 15 is 0 Å². The van der Waals surface area contributed by atoms with E-state index in [0.29, 0.717) is 6.61 Å². The third-order valence-electron chi connectivity index (χ3n) is 2.18. The van der Waals surface area contributed by atoms with Gasteiger partial charge in [-0.05, 0) is 24.1 Å². The molecule has 1 aliphatic rings. The van der Waals surface area contributed by atoms with Gasteiger partial charge in [0.05, 0.1) is 12.7 Å². The standard InChI is InChI=1S/C11H12O3/c1-3-4-8-5-10(12-2)9-7-13-14-11(9)6-8/h3,5-6H,1,4,7H2,2H3. The first-order valence-electron chi connectivity index (χ1n) is 4.45. The third-order valence-corrected chi connectivity index (χ3v) is 2.18. The molecule has 1 aromatic rings. The molecule has 0 N–H and O–H groups in total. The van der Waals surface area contributed by atoms with Crippen molar-refractivity contribution in [1.82, 2.24) is 0 Å². The predicted molar refractivity (Wildman–Crippen MR) is 52.3 cm³/mol. The molecule has 0 aliphatic carbocycles. The van der Waals surface area contributed by atoms with Crippen LogP contribution in [0.25, 0.3) is 0 Å². The lowest BCUT2D eigenvalue weighted by molar-refractivity contribution is -0.194. The van der Waals surface area contributed by atoms with Crippen molar-refractivity contribution in [2.45, 2.75) is 13.0 Å². The minimum Gasteiger partial charge on any atom is -0.496 e. The van der Waals surface area contributed by atoms with Crippen molar-refractivity contribution in [3.8, 4) is 11.5 Å². The van der Waals surface area contributed by atoms with E-state index in [4.69, 9.17) is 14.5 Å². The summed E-state index contributed by atoms with van der Waals surface area (Å²) in [6, 6.07) is 3.94. The minimum atomic E-state index is 0.451. The van der Waals surface area contributed by atoms with Crippen molar-refractivity contribution < 1.29 is 14.5 Å². The van der Waals surface area contributed by atoms with Crippen molar-refractivity contribution in [3.63, 3.8) is 0 Å². The first kappa shape index (κ1) is 9.09. The maximum absolute atomic E-state index is 5.25. The number of hydrogen-bond acceptors (Lipinski definition) is 3. The van der Waals surface area contributed by atoms with E-state index in [9.17, 15) is 0 Å². The molecular formula is C11H12O3. The Kier molecular flexibility index (Phi) is 2.41. The van der Waals surface area contributed by atoms with Crippen LogP contribution in [-0.4, -0.2) is 7.11 Å². The van der Waals surface area contributed by atoms with Crippen LogP contribution < -0.4 is 9.62 Å². The van der Waals surface area contributed by atoms with E-state index in [1.165, 1.54) is 0 Å². The summed E-state index contributed by atoms with van der Waals surface area (Å²) in [5.41, 5.74) is 2.08. The van der Waals surface area contributed by atoms with Crippen molar-refractivity contribution >= 4 is 0 Å². The molecule has 0 aromatic heterocycles. The Morgan fingerprint density at radius 3 is 3.14 bits per heavy atom. The molecule has 0 amide bonds. The maximum atomic E-state index is 5.25. The van der Waals surface area contributed by atoms with E-state index in [0.717, 1.165) is 29.0 Å². The first-order chi connectivity index (χ1) is 6.85. The lowest BCUT2D eigenvalue weighted by Crippen LogP contribution is -1.91. The topological polar surface area (TPSA) is 27.7 Å². The highest BCUT2D eigenvalue weighted by Gasteiger charge is 2.19. The monoisotopic (exact) mass is 192 g/mol. The Balaban J connectivity index is 2.43. The van der Waals surface area contributed by atoms with Crippen LogP contribution in [0.15, 0.2) is 24.8 Å². The van der Waals surface area contributed by atoms with Crippen molar-refractivity contribution in [3.05, 3.63) is 35.9 Å². The van der Waals surface area contributed by atoms with Gasteiger partial charge in [-0.2, -0.15) is 4.89 Å². The summed E-state index contributed by atoms with van der Waals surface area (Å²) in [6.07, 6.45) is 2.64. The molecule has 0 bridgehead atoms. The summed E-state index contributed by atoms with van der Waals surface area (Å²) in [4.78, 5) is 9.90. The zero-order chi connectivity index (χ0) is 9.97. The van der Waals surface area contributed by atoms with Crippen LogP contribution in [0.2, 0.25) is 0 Å². The third kappa shape index (κ3) is 1.46. The van der Waals surface area contributed by atoms with Gasteiger partial charge in [0, 0.05) is 0 Å². The minimum absolute atomic E-state index is 0.451. The molecule has 0 atom stereocenters. The van der Waals surface area contributed by atoms with Crippen LogP contribution in [0.4, 0.5) is 0 Å². The molecule has 0 spiro atoms. The lowest BCUT2D eigenvalue weighted by Gasteiger charge is -2.06. The second kappa shape index (κ2) is 3.72. The summed E-state index contributed by atoms with van der Waals surface area (Å²) in [7, 11) is 1.64. The molecule has 3 nitrogen and oxygen atoms in total. The smallest absolute Gasteiger partial charge is 0.175 e. The molecule has 3 heteroatoms. The van der Waals surface area contributed by atoms with Crippen LogP contribution >= 0.6 is 0 Å². The Labute approximate surface area is 82.8 Å². The maximum Gasteiger partial charge on any atom is 0.175 e.